The molecular formula is C13H17N5O3. The van der Waals surface area contributed by atoms with E-state index in [4.69, 9.17) is 15.0 Å². The van der Waals surface area contributed by atoms with Crippen LogP contribution in [0.5, 0.6) is 11.5 Å². The monoisotopic (exact) mass is 291 g/mol. The van der Waals surface area contributed by atoms with Gasteiger partial charge in [0, 0.05) is 18.0 Å². The molecule has 0 spiro atoms. The third kappa shape index (κ3) is 3.29. The first kappa shape index (κ1) is 14.8. The molecular weight excluding hydrogens is 274 g/mol. The quantitative estimate of drug-likeness (QED) is 0.524. The molecule has 1 aromatic carbocycles. The van der Waals surface area contributed by atoms with Crippen LogP contribution < -0.4 is 14.8 Å². The highest BCUT2D eigenvalue weighted by Gasteiger charge is 2.26. The predicted molar refractivity (Wildman–Crippen MR) is 77.7 cm³/mol. The van der Waals surface area contributed by atoms with E-state index in [2.05, 4.69) is 15.3 Å². The van der Waals surface area contributed by atoms with E-state index in [1.165, 1.54) is 14.2 Å². The lowest BCUT2D eigenvalue weighted by atomic mass is 10.2. The molecule has 1 N–H and O–H groups in total. The van der Waals surface area contributed by atoms with Crippen LogP contribution in [-0.4, -0.2) is 44.3 Å². The molecule has 1 atom stereocenters. The molecule has 0 radical (unpaired) electrons. The zero-order valence-corrected chi connectivity index (χ0v) is 11.9. The summed E-state index contributed by atoms with van der Waals surface area (Å²) in [4.78, 5) is 16.6. The second-order valence-corrected chi connectivity index (χ2v) is 4.56. The van der Waals surface area contributed by atoms with Gasteiger partial charge < -0.3 is 19.7 Å². The Morgan fingerprint density at radius 1 is 1.48 bits per heavy atom. The summed E-state index contributed by atoms with van der Waals surface area (Å²) >= 11 is 0. The largest absolute Gasteiger partial charge is 0.493 e. The molecule has 0 aliphatic carbocycles. The van der Waals surface area contributed by atoms with Crippen LogP contribution in [0, 0.1) is 0 Å². The fraction of sp³-hybridized carbons (Fsp3) is 0.462. The molecule has 21 heavy (non-hydrogen) atoms. The summed E-state index contributed by atoms with van der Waals surface area (Å²) in [7, 11) is 3.05. The zero-order chi connectivity index (χ0) is 15.2. The fourth-order valence-electron chi connectivity index (χ4n) is 2.27. The molecule has 112 valence electrons. The normalized spacial score (nSPS) is 17.0. The van der Waals surface area contributed by atoms with E-state index in [0.717, 1.165) is 0 Å². The number of ether oxygens (including phenoxy) is 2. The minimum Gasteiger partial charge on any atom is -0.493 e. The van der Waals surface area contributed by atoms with Gasteiger partial charge in [-0.25, -0.2) is 4.79 Å². The third-order valence-corrected chi connectivity index (χ3v) is 3.31. The van der Waals surface area contributed by atoms with Gasteiger partial charge in [-0.3, -0.25) is 0 Å². The van der Waals surface area contributed by atoms with E-state index in [0.29, 0.717) is 36.7 Å². The molecule has 2 rings (SSSR count). The lowest BCUT2D eigenvalue weighted by molar-refractivity contribution is 0.222. The van der Waals surface area contributed by atoms with Gasteiger partial charge in [0.05, 0.1) is 25.9 Å². The van der Waals surface area contributed by atoms with Crippen LogP contribution in [0.1, 0.15) is 6.42 Å². The van der Waals surface area contributed by atoms with E-state index in [1.54, 1.807) is 23.1 Å². The maximum Gasteiger partial charge on any atom is 0.321 e. The van der Waals surface area contributed by atoms with Gasteiger partial charge in [0.1, 0.15) is 0 Å². The number of rotatable bonds is 4. The van der Waals surface area contributed by atoms with Crippen LogP contribution in [0.2, 0.25) is 0 Å². The highest BCUT2D eigenvalue weighted by atomic mass is 16.5. The topological polar surface area (TPSA) is 99.6 Å². The van der Waals surface area contributed by atoms with Crippen molar-refractivity contribution in [3.8, 4) is 11.5 Å². The Balaban J connectivity index is 2.08. The summed E-state index contributed by atoms with van der Waals surface area (Å²) in [6.07, 6.45) is 0.673. The van der Waals surface area contributed by atoms with E-state index in [1.807, 2.05) is 0 Å². The number of nitrogens with zero attached hydrogens (tertiary/aromatic N) is 4. The molecule has 1 saturated heterocycles. The van der Waals surface area contributed by atoms with Gasteiger partial charge in [-0.1, -0.05) is 11.2 Å². The van der Waals surface area contributed by atoms with Crippen molar-refractivity contribution in [1.29, 1.82) is 0 Å². The lowest BCUT2D eigenvalue weighted by Gasteiger charge is -2.18. The maximum atomic E-state index is 12.2. The van der Waals surface area contributed by atoms with Crippen LogP contribution in [0.15, 0.2) is 23.3 Å². The Morgan fingerprint density at radius 3 is 2.95 bits per heavy atom. The number of carbonyl (C=O) groups is 1. The van der Waals surface area contributed by atoms with Gasteiger partial charge in [0.15, 0.2) is 11.5 Å². The van der Waals surface area contributed by atoms with E-state index in [-0.39, 0.29) is 12.1 Å². The Hall–Kier alpha value is -2.60. The summed E-state index contributed by atoms with van der Waals surface area (Å²) < 4.78 is 10.5. The molecule has 0 aromatic heterocycles. The Bertz CT molecular complexity index is 571. The molecule has 8 nitrogen and oxygen atoms in total. The van der Waals surface area contributed by atoms with Crippen LogP contribution in [-0.2, 0) is 0 Å². The van der Waals surface area contributed by atoms with Gasteiger partial charge in [-0.15, -0.1) is 0 Å². The van der Waals surface area contributed by atoms with Crippen LogP contribution in [0.3, 0.4) is 0 Å². The van der Waals surface area contributed by atoms with Crippen molar-refractivity contribution in [2.45, 2.75) is 12.5 Å². The van der Waals surface area contributed by atoms with Crippen molar-refractivity contribution >= 4 is 11.7 Å². The summed E-state index contributed by atoms with van der Waals surface area (Å²) in [5.74, 6) is 1.02. The van der Waals surface area contributed by atoms with Crippen LogP contribution in [0.4, 0.5) is 10.5 Å². The first-order chi connectivity index (χ1) is 10.2. The van der Waals surface area contributed by atoms with Crippen molar-refractivity contribution in [3.05, 3.63) is 28.6 Å². The number of nitrogens with one attached hydrogen (secondary N) is 1. The summed E-state index contributed by atoms with van der Waals surface area (Å²) in [5.41, 5.74) is 8.96. The van der Waals surface area contributed by atoms with Crippen LogP contribution in [0.25, 0.3) is 10.4 Å². The first-order valence-electron chi connectivity index (χ1n) is 6.50. The molecule has 2 amide bonds. The van der Waals surface area contributed by atoms with E-state index < -0.39 is 0 Å². The van der Waals surface area contributed by atoms with Gasteiger partial charge in [-0.05, 0) is 24.1 Å². The Kier molecular flexibility index (Phi) is 4.73. The van der Waals surface area contributed by atoms with Gasteiger partial charge in [-0.2, -0.15) is 0 Å². The lowest BCUT2D eigenvalue weighted by Crippen LogP contribution is -2.33. The Morgan fingerprint density at radius 2 is 2.29 bits per heavy atom. The van der Waals surface area contributed by atoms with Crippen molar-refractivity contribution in [1.82, 2.24) is 4.90 Å². The molecule has 1 heterocycles. The van der Waals surface area contributed by atoms with Crippen molar-refractivity contribution in [2.24, 2.45) is 5.11 Å². The number of hydrogen-bond acceptors (Lipinski definition) is 4. The van der Waals surface area contributed by atoms with Gasteiger partial charge in [0.2, 0.25) is 0 Å². The number of urea groups is 1. The molecule has 1 unspecified atom stereocenters. The molecule has 1 aliphatic heterocycles. The number of azide groups is 1. The Labute approximate surface area is 122 Å². The molecule has 1 fully saturated rings. The molecule has 1 aromatic rings. The predicted octanol–water partition coefficient (Wildman–Crippen LogP) is 2.62. The van der Waals surface area contributed by atoms with Gasteiger partial charge in [0.25, 0.3) is 0 Å². The van der Waals surface area contributed by atoms with Crippen molar-refractivity contribution in [3.63, 3.8) is 0 Å². The summed E-state index contributed by atoms with van der Waals surface area (Å²) in [6, 6.07) is 4.84. The number of amides is 2. The third-order valence-electron chi connectivity index (χ3n) is 3.31. The number of para-hydroxylation sites is 1. The minimum absolute atomic E-state index is 0.159. The molecule has 8 heteroatoms. The highest BCUT2D eigenvalue weighted by molar-refractivity contribution is 5.91. The average Bonchev–Trinajstić information content (AvgIpc) is 2.96. The maximum absolute atomic E-state index is 12.2. The van der Waals surface area contributed by atoms with Crippen LogP contribution >= 0.6 is 0 Å². The number of anilines is 1. The molecule has 0 bridgehead atoms. The molecule has 1 aliphatic rings. The number of likely N-dealkylation sites (tertiary alicyclic amines) is 1. The second-order valence-electron chi connectivity index (χ2n) is 4.56. The zero-order valence-electron chi connectivity index (χ0n) is 11.9. The number of hydrogen-bond donors (Lipinski definition) is 1. The smallest absolute Gasteiger partial charge is 0.321 e. The fourth-order valence-corrected chi connectivity index (χ4v) is 2.27. The summed E-state index contributed by atoms with van der Waals surface area (Å²) in [6.45, 7) is 0.976. The molecule has 0 saturated carbocycles. The number of carbonyl (C=O) groups excluding carboxylic acids is 1. The SMILES string of the molecule is COc1cccc(NC(=O)N2CCC(N=[N+]=[N-])C2)c1OC. The standard InChI is InChI=1S/C13H17N5O3/c1-20-11-5-3-4-10(12(11)21-2)15-13(19)18-7-6-9(8-18)16-17-14/h3-5,9H,6-8H2,1-2H3,(H,15,19). The van der Waals surface area contributed by atoms with E-state index >= 15 is 0 Å². The van der Waals surface area contributed by atoms with Crippen molar-refractivity contribution in [2.75, 3.05) is 32.6 Å². The summed E-state index contributed by atoms with van der Waals surface area (Å²) in [5, 5.41) is 6.43. The minimum atomic E-state index is -0.253. The first-order valence-corrected chi connectivity index (χ1v) is 6.50. The number of benzene rings is 1. The van der Waals surface area contributed by atoms with E-state index in [9.17, 15) is 4.79 Å². The average molecular weight is 291 g/mol. The van der Waals surface area contributed by atoms with Gasteiger partial charge >= 0.3 is 6.03 Å². The van der Waals surface area contributed by atoms with Crippen molar-refractivity contribution < 1.29 is 14.3 Å². The number of methoxy groups -OCH3 is 2. The highest BCUT2D eigenvalue weighted by Crippen LogP contribution is 2.34. The second kappa shape index (κ2) is 6.71.